The van der Waals surface area contributed by atoms with E-state index >= 15 is 0 Å². The van der Waals surface area contributed by atoms with E-state index in [0.29, 0.717) is 5.56 Å². The van der Waals surface area contributed by atoms with Crippen LogP contribution in [0.15, 0.2) is 12.1 Å². The van der Waals surface area contributed by atoms with E-state index in [-0.39, 0.29) is 5.97 Å². The lowest BCUT2D eigenvalue weighted by atomic mass is 10.0. The SMILES string of the molecule is CCc1cc(C)c(C(=O)OC)cc1NC. The number of aryl methyl sites for hydroxylation is 2. The van der Waals surface area contributed by atoms with Gasteiger partial charge in [0.05, 0.1) is 12.7 Å². The number of hydrogen-bond donors (Lipinski definition) is 1. The van der Waals surface area contributed by atoms with Gasteiger partial charge >= 0.3 is 5.97 Å². The lowest BCUT2D eigenvalue weighted by Crippen LogP contribution is -2.06. The van der Waals surface area contributed by atoms with Gasteiger partial charge in [0.1, 0.15) is 0 Å². The number of ether oxygens (including phenoxy) is 1. The van der Waals surface area contributed by atoms with Crippen molar-refractivity contribution < 1.29 is 9.53 Å². The first kappa shape index (κ1) is 11.6. The second-order valence-corrected chi connectivity index (χ2v) is 3.42. The van der Waals surface area contributed by atoms with E-state index in [1.165, 1.54) is 12.7 Å². The Hall–Kier alpha value is -1.51. The van der Waals surface area contributed by atoms with Crippen LogP contribution < -0.4 is 5.32 Å². The minimum absolute atomic E-state index is 0.286. The molecule has 0 saturated heterocycles. The van der Waals surface area contributed by atoms with Crippen molar-refractivity contribution >= 4 is 11.7 Å². The maximum absolute atomic E-state index is 11.5. The predicted molar refractivity (Wildman–Crippen MR) is 61.4 cm³/mol. The third-order valence-corrected chi connectivity index (χ3v) is 2.51. The Morgan fingerprint density at radius 1 is 1.47 bits per heavy atom. The molecule has 0 spiro atoms. The van der Waals surface area contributed by atoms with Gasteiger partial charge in [-0.25, -0.2) is 4.79 Å². The fraction of sp³-hybridized carbons (Fsp3) is 0.417. The van der Waals surface area contributed by atoms with Gasteiger partial charge < -0.3 is 10.1 Å². The molecule has 0 aliphatic heterocycles. The third kappa shape index (κ3) is 2.29. The molecule has 1 N–H and O–H groups in total. The second-order valence-electron chi connectivity index (χ2n) is 3.42. The molecule has 0 atom stereocenters. The molecule has 82 valence electrons. The minimum atomic E-state index is -0.286. The number of methoxy groups -OCH3 is 1. The molecular formula is C12H17NO2. The average Bonchev–Trinajstić information content (AvgIpc) is 2.27. The topological polar surface area (TPSA) is 38.3 Å². The number of benzene rings is 1. The lowest BCUT2D eigenvalue weighted by Gasteiger charge is -2.11. The molecule has 0 fully saturated rings. The fourth-order valence-electron chi connectivity index (χ4n) is 1.62. The van der Waals surface area contributed by atoms with Crippen molar-refractivity contribution in [2.45, 2.75) is 20.3 Å². The third-order valence-electron chi connectivity index (χ3n) is 2.51. The molecule has 1 aromatic carbocycles. The first-order valence-corrected chi connectivity index (χ1v) is 5.03. The van der Waals surface area contributed by atoms with Crippen LogP contribution in [-0.4, -0.2) is 20.1 Å². The van der Waals surface area contributed by atoms with E-state index in [0.717, 1.165) is 17.7 Å². The molecular weight excluding hydrogens is 190 g/mol. The Kier molecular flexibility index (Phi) is 3.72. The van der Waals surface area contributed by atoms with E-state index in [1.807, 2.05) is 26.1 Å². The largest absolute Gasteiger partial charge is 0.465 e. The van der Waals surface area contributed by atoms with E-state index in [9.17, 15) is 4.79 Å². The monoisotopic (exact) mass is 207 g/mol. The molecule has 0 unspecified atom stereocenters. The van der Waals surface area contributed by atoms with Crippen molar-refractivity contribution in [2.75, 3.05) is 19.5 Å². The summed E-state index contributed by atoms with van der Waals surface area (Å²) in [5, 5.41) is 3.09. The number of carbonyl (C=O) groups is 1. The molecule has 1 rings (SSSR count). The van der Waals surface area contributed by atoms with Gasteiger partial charge in [0.2, 0.25) is 0 Å². The molecule has 0 aliphatic carbocycles. The van der Waals surface area contributed by atoms with E-state index < -0.39 is 0 Å². The van der Waals surface area contributed by atoms with Gasteiger partial charge in [0.15, 0.2) is 0 Å². The quantitative estimate of drug-likeness (QED) is 0.773. The van der Waals surface area contributed by atoms with Gasteiger partial charge in [-0.05, 0) is 30.5 Å². The molecule has 3 nitrogen and oxygen atoms in total. The maximum Gasteiger partial charge on any atom is 0.338 e. The number of rotatable bonds is 3. The Labute approximate surface area is 90.4 Å². The first-order chi connectivity index (χ1) is 7.13. The highest BCUT2D eigenvalue weighted by atomic mass is 16.5. The van der Waals surface area contributed by atoms with E-state index in [2.05, 4.69) is 12.2 Å². The molecule has 0 radical (unpaired) electrons. The number of carbonyl (C=O) groups excluding carboxylic acids is 1. The molecule has 0 aromatic heterocycles. The van der Waals surface area contributed by atoms with E-state index in [1.54, 1.807) is 0 Å². The van der Waals surface area contributed by atoms with Crippen LogP contribution in [-0.2, 0) is 11.2 Å². The zero-order valence-electron chi connectivity index (χ0n) is 9.68. The summed E-state index contributed by atoms with van der Waals surface area (Å²) in [6.45, 7) is 4.01. The van der Waals surface area contributed by atoms with Crippen LogP contribution in [0.3, 0.4) is 0 Å². The van der Waals surface area contributed by atoms with Crippen molar-refractivity contribution in [1.82, 2.24) is 0 Å². The molecule has 3 heteroatoms. The van der Waals surface area contributed by atoms with Crippen LogP contribution in [0.5, 0.6) is 0 Å². The van der Waals surface area contributed by atoms with Crippen LogP contribution >= 0.6 is 0 Å². The summed E-state index contributed by atoms with van der Waals surface area (Å²) in [5.41, 5.74) is 3.78. The van der Waals surface area contributed by atoms with Crippen molar-refractivity contribution in [3.63, 3.8) is 0 Å². The molecule has 0 amide bonds. The normalized spacial score (nSPS) is 9.87. The zero-order valence-corrected chi connectivity index (χ0v) is 9.68. The number of nitrogens with one attached hydrogen (secondary N) is 1. The van der Waals surface area contributed by atoms with Gasteiger partial charge in [-0.2, -0.15) is 0 Å². The molecule has 0 saturated carbocycles. The van der Waals surface area contributed by atoms with Gasteiger partial charge in [-0.1, -0.05) is 13.0 Å². The highest BCUT2D eigenvalue weighted by Gasteiger charge is 2.12. The van der Waals surface area contributed by atoms with Gasteiger partial charge in [0.25, 0.3) is 0 Å². The number of esters is 1. The molecule has 0 heterocycles. The molecule has 0 aliphatic rings. The van der Waals surface area contributed by atoms with Crippen molar-refractivity contribution in [3.8, 4) is 0 Å². The van der Waals surface area contributed by atoms with Crippen molar-refractivity contribution in [1.29, 1.82) is 0 Å². The summed E-state index contributed by atoms with van der Waals surface area (Å²) in [6.07, 6.45) is 0.943. The van der Waals surface area contributed by atoms with Crippen LogP contribution in [0.25, 0.3) is 0 Å². The van der Waals surface area contributed by atoms with Crippen molar-refractivity contribution in [2.24, 2.45) is 0 Å². The summed E-state index contributed by atoms with van der Waals surface area (Å²) in [4.78, 5) is 11.5. The van der Waals surface area contributed by atoms with Gasteiger partial charge in [0, 0.05) is 12.7 Å². The Bertz CT molecular complexity index is 372. The summed E-state index contributed by atoms with van der Waals surface area (Å²) < 4.78 is 4.72. The number of hydrogen-bond acceptors (Lipinski definition) is 3. The highest BCUT2D eigenvalue weighted by Crippen LogP contribution is 2.22. The summed E-state index contributed by atoms with van der Waals surface area (Å²) in [7, 11) is 3.25. The van der Waals surface area contributed by atoms with Crippen LogP contribution in [0.1, 0.15) is 28.4 Å². The second kappa shape index (κ2) is 4.82. The van der Waals surface area contributed by atoms with Crippen LogP contribution in [0.4, 0.5) is 5.69 Å². The van der Waals surface area contributed by atoms with Crippen LogP contribution in [0.2, 0.25) is 0 Å². The predicted octanol–water partition coefficient (Wildman–Crippen LogP) is 2.39. The first-order valence-electron chi connectivity index (χ1n) is 5.03. The zero-order chi connectivity index (χ0) is 11.4. The lowest BCUT2D eigenvalue weighted by molar-refractivity contribution is 0.0600. The fourth-order valence-corrected chi connectivity index (χ4v) is 1.62. The Morgan fingerprint density at radius 3 is 2.60 bits per heavy atom. The standard InChI is InChI=1S/C12H17NO2/c1-5-9-6-8(2)10(12(14)15-4)7-11(9)13-3/h6-7,13H,5H2,1-4H3. The maximum atomic E-state index is 11.5. The Morgan fingerprint density at radius 2 is 2.13 bits per heavy atom. The Balaban J connectivity index is 3.25. The number of anilines is 1. The van der Waals surface area contributed by atoms with Gasteiger partial charge in [-0.15, -0.1) is 0 Å². The molecule has 15 heavy (non-hydrogen) atoms. The van der Waals surface area contributed by atoms with E-state index in [4.69, 9.17) is 4.74 Å². The summed E-state index contributed by atoms with van der Waals surface area (Å²) in [5.74, 6) is -0.286. The summed E-state index contributed by atoms with van der Waals surface area (Å²) in [6, 6.07) is 3.87. The van der Waals surface area contributed by atoms with Crippen LogP contribution in [0, 0.1) is 6.92 Å². The minimum Gasteiger partial charge on any atom is -0.465 e. The molecule has 0 bridgehead atoms. The van der Waals surface area contributed by atoms with Crippen molar-refractivity contribution in [3.05, 3.63) is 28.8 Å². The summed E-state index contributed by atoms with van der Waals surface area (Å²) >= 11 is 0. The molecule has 1 aromatic rings. The average molecular weight is 207 g/mol. The smallest absolute Gasteiger partial charge is 0.338 e. The highest BCUT2D eigenvalue weighted by molar-refractivity contribution is 5.92. The van der Waals surface area contributed by atoms with Gasteiger partial charge in [-0.3, -0.25) is 0 Å².